The minimum atomic E-state index is -0.464. The maximum atomic E-state index is 10.2. The summed E-state index contributed by atoms with van der Waals surface area (Å²) >= 11 is 0. The molecule has 17 heavy (non-hydrogen) atoms. The smallest absolute Gasteiger partial charge is 0.0620 e. The molecule has 0 aromatic rings. The van der Waals surface area contributed by atoms with Crippen molar-refractivity contribution in [2.75, 3.05) is 13.1 Å². The van der Waals surface area contributed by atoms with Crippen molar-refractivity contribution in [2.45, 2.75) is 72.3 Å². The van der Waals surface area contributed by atoms with Gasteiger partial charge in [0.05, 0.1) is 5.60 Å². The Bertz CT molecular complexity index is 176. The molecule has 0 saturated heterocycles. The molecule has 0 bridgehead atoms. The Labute approximate surface area is 108 Å². The van der Waals surface area contributed by atoms with E-state index in [1.807, 2.05) is 6.92 Å². The highest BCUT2D eigenvalue weighted by atomic mass is 16.3. The summed E-state index contributed by atoms with van der Waals surface area (Å²) in [5.41, 5.74) is -0.464. The molecule has 104 valence electrons. The summed E-state index contributed by atoms with van der Waals surface area (Å²) in [5, 5.41) is 13.6. The Morgan fingerprint density at radius 3 is 2.12 bits per heavy atom. The van der Waals surface area contributed by atoms with E-state index in [1.54, 1.807) is 0 Å². The third-order valence-corrected chi connectivity index (χ3v) is 3.12. The number of aliphatic hydroxyl groups is 1. The van der Waals surface area contributed by atoms with Crippen molar-refractivity contribution in [1.29, 1.82) is 0 Å². The topological polar surface area (TPSA) is 32.3 Å². The predicted octanol–water partition coefficient (Wildman–Crippen LogP) is 3.59. The summed E-state index contributed by atoms with van der Waals surface area (Å²) < 4.78 is 0. The molecule has 0 rings (SSSR count). The quantitative estimate of drug-likeness (QED) is 0.575. The van der Waals surface area contributed by atoms with E-state index in [1.165, 1.54) is 6.42 Å². The van der Waals surface area contributed by atoms with Crippen LogP contribution in [-0.2, 0) is 0 Å². The van der Waals surface area contributed by atoms with Gasteiger partial charge >= 0.3 is 0 Å². The highest BCUT2D eigenvalue weighted by molar-refractivity contribution is 4.73. The fourth-order valence-electron chi connectivity index (χ4n) is 2.00. The summed E-state index contributed by atoms with van der Waals surface area (Å²) in [4.78, 5) is 0. The number of rotatable bonds is 10. The second-order valence-electron chi connectivity index (χ2n) is 6.48. The van der Waals surface area contributed by atoms with E-state index < -0.39 is 5.60 Å². The Morgan fingerprint density at radius 2 is 1.59 bits per heavy atom. The molecule has 0 heterocycles. The first-order chi connectivity index (χ1) is 7.83. The monoisotopic (exact) mass is 243 g/mol. The van der Waals surface area contributed by atoms with Crippen LogP contribution >= 0.6 is 0 Å². The molecule has 0 spiro atoms. The van der Waals surface area contributed by atoms with E-state index in [0.29, 0.717) is 5.92 Å². The van der Waals surface area contributed by atoms with Crippen LogP contribution in [-0.4, -0.2) is 23.8 Å². The Balaban J connectivity index is 3.50. The van der Waals surface area contributed by atoms with Crippen molar-refractivity contribution in [3.63, 3.8) is 0 Å². The van der Waals surface area contributed by atoms with Gasteiger partial charge in [-0.3, -0.25) is 0 Å². The molecule has 0 fully saturated rings. The van der Waals surface area contributed by atoms with E-state index in [4.69, 9.17) is 0 Å². The maximum absolute atomic E-state index is 10.2. The van der Waals surface area contributed by atoms with Gasteiger partial charge in [0.15, 0.2) is 0 Å². The molecule has 2 nitrogen and oxygen atoms in total. The summed E-state index contributed by atoms with van der Waals surface area (Å²) in [6.07, 6.45) is 5.29. The van der Waals surface area contributed by atoms with E-state index in [2.05, 4.69) is 33.0 Å². The largest absolute Gasteiger partial charge is 0.390 e. The van der Waals surface area contributed by atoms with Crippen LogP contribution in [0.5, 0.6) is 0 Å². The first-order valence-electron chi connectivity index (χ1n) is 7.26. The normalized spacial score (nSPS) is 15.5. The maximum Gasteiger partial charge on any atom is 0.0620 e. The molecule has 2 heteroatoms. The van der Waals surface area contributed by atoms with E-state index in [9.17, 15) is 5.11 Å². The van der Waals surface area contributed by atoms with Crippen LogP contribution < -0.4 is 5.32 Å². The standard InChI is InChI=1S/C15H33NO/c1-13(2)8-6-9-15(5,17)10-7-11-16-12-14(3)4/h13-14,16-17H,6-12H2,1-5H3. The number of hydrogen-bond acceptors (Lipinski definition) is 2. The first kappa shape index (κ1) is 16.9. The lowest BCUT2D eigenvalue weighted by atomic mass is 9.92. The van der Waals surface area contributed by atoms with Gasteiger partial charge in [0.25, 0.3) is 0 Å². The van der Waals surface area contributed by atoms with Gasteiger partial charge in [-0.15, -0.1) is 0 Å². The van der Waals surface area contributed by atoms with Crippen molar-refractivity contribution >= 4 is 0 Å². The van der Waals surface area contributed by atoms with Crippen LogP contribution in [0.25, 0.3) is 0 Å². The highest BCUT2D eigenvalue weighted by Gasteiger charge is 2.19. The van der Waals surface area contributed by atoms with Crippen molar-refractivity contribution in [2.24, 2.45) is 11.8 Å². The second-order valence-corrected chi connectivity index (χ2v) is 6.48. The summed E-state index contributed by atoms with van der Waals surface area (Å²) in [6, 6.07) is 0. The molecular formula is C15H33NO. The van der Waals surface area contributed by atoms with Crippen molar-refractivity contribution in [1.82, 2.24) is 5.32 Å². The highest BCUT2D eigenvalue weighted by Crippen LogP contribution is 2.20. The summed E-state index contributed by atoms with van der Waals surface area (Å²) in [6.45, 7) is 13.0. The van der Waals surface area contributed by atoms with E-state index >= 15 is 0 Å². The zero-order valence-electron chi connectivity index (χ0n) is 12.6. The average molecular weight is 243 g/mol. The molecule has 0 amide bonds. The average Bonchev–Trinajstić information content (AvgIpc) is 2.15. The zero-order valence-corrected chi connectivity index (χ0v) is 12.6. The van der Waals surface area contributed by atoms with Crippen LogP contribution in [0, 0.1) is 11.8 Å². The zero-order chi connectivity index (χ0) is 13.3. The van der Waals surface area contributed by atoms with Gasteiger partial charge in [-0.05, 0) is 51.1 Å². The summed E-state index contributed by atoms with van der Waals surface area (Å²) in [5.74, 6) is 1.46. The number of nitrogens with one attached hydrogen (secondary N) is 1. The fourth-order valence-corrected chi connectivity index (χ4v) is 2.00. The number of hydrogen-bond donors (Lipinski definition) is 2. The Kier molecular flexibility index (Phi) is 8.89. The van der Waals surface area contributed by atoms with Gasteiger partial charge in [-0.1, -0.05) is 40.5 Å². The predicted molar refractivity (Wildman–Crippen MR) is 76.3 cm³/mol. The lowest BCUT2D eigenvalue weighted by molar-refractivity contribution is 0.0367. The third-order valence-electron chi connectivity index (χ3n) is 3.12. The van der Waals surface area contributed by atoms with Crippen LogP contribution in [0.15, 0.2) is 0 Å². The molecule has 0 radical (unpaired) electrons. The molecule has 0 aliphatic carbocycles. The van der Waals surface area contributed by atoms with Crippen molar-refractivity contribution < 1.29 is 5.11 Å². The molecule has 0 aliphatic rings. The molecule has 1 atom stereocenters. The molecular weight excluding hydrogens is 210 g/mol. The Morgan fingerprint density at radius 1 is 1.00 bits per heavy atom. The SMILES string of the molecule is CC(C)CCCC(C)(O)CCCNCC(C)C. The van der Waals surface area contributed by atoms with Gasteiger partial charge in [0.2, 0.25) is 0 Å². The molecule has 0 saturated carbocycles. The van der Waals surface area contributed by atoms with Crippen molar-refractivity contribution in [3.05, 3.63) is 0 Å². The minimum absolute atomic E-state index is 0.464. The first-order valence-corrected chi connectivity index (χ1v) is 7.26. The lowest BCUT2D eigenvalue weighted by Crippen LogP contribution is -2.27. The second kappa shape index (κ2) is 8.93. The van der Waals surface area contributed by atoms with Gasteiger partial charge in [-0.2, -0.15) is 0 Å². The molecule has 1 unspecified atom stereocenters. The molecule has 2 N–H and O–H groups in total. The van der Waals surface area contributed by atoms with Crippen LogP contribution in [0.1, 0.15) is 66.7 Å². The van der Waals surface area contributed by atoms with Gasteiger partial charge in [0.1, 0.15) is 0 Å². The molecule has 0 aromatic heterocycles. The van der Waals surface area contributed by atoms with E-state index in [-0.39, 0.29) is 0 Å². The summed E-state index contributed by atoms with van der Waals surface area (Å²) in [7, 11) is 0. The van der Waals surface area contributed by atoms with Crippen LogP contribution in [0.2, 0.25) is 0 Å². The molecule has 0 aromatic carbocycles. The van der Waals surface area contributed by atoms with Crippen molar-refractivity contribution in [3.8, 4) is 0 Å². The van der Waals surface area contributed by atoms with E-state index in [0.717, 1.165) is 44.7 Å². The third kappa shape index (κ3) is 12.2. The minimum Gasteiger partial charge on any atom is -0.390 e. The van der Waals surface area contributed by atoms with Crippen LogP contribution in [0.4, 0.5) is 0 Å². The van der Waals surface area contributed by atoms with Gasteiger partial charge < -0.3 is 10.4 Å². The van der Waals surface area contributed by atoms with Gasteiger partial charge in [-0.25, -0.2) is 0 Å². The van der Waals surface area contributed by atoms with Crippen LogP contribution in [0.3, 0.4) is 0 Å². The van der Waals surface area contributed by atoms with Gasteiger partial charge in [0, 0.05) is 0 Å². The molecule has 0 aliphatic heterocycles. The fraction of sp³-hybridized carbons (Fsp3) is 1.00. The Hall–Kier alpha value is -0.0800. The lowest BCUT2D eigenvalue weighted by Gasteiger charge is -2.23.